The van der Waals surface area contributed by atoms with Crippen LogP contribution in [0.4, 0.5) is 0 Å². The van der Waals surface area contributed by atoms with E-state index in [1.54, 1.807) is 18.9 Å². The second kappa shape index (κ2) is 4.22. The van der Waals surface area contributed by atoms with E-state index in [9.17, 15) is 0 Å². The van der Waals surface area contributed by atoms with Crippen molar-refractivity contribution < 1.29 is 5.11 Å². The molecule has 0 aliphatic rings. The molecule has 0 aliphatic carbocycles. The van der Waals surface area contributed by atoms with Crippen molar-refractivity contribution in [3.8, 4) is 0 Å². The fourth-order valence-corrected chi connectivity index (χ4v) is 1.44. The van der Waals surface area contributed by atoms with E-state index in [1.807, 2.05) is 16.2 Å². The molecular weight excluding hydrogens is 194 g/mol. The lowest BCUT2D eigenvalue weighted by atomic mass is 10.4. The van der Waals surface area contributed by atoms with Crippen LogP contribution in [0.1, 0.15) is 11.5 Å². The van der Waals surface area contributed by atoms with Crippen LogP contribution in [0.5, 0.6) is 0 Å². The molecule has 0 spiro atoms. The van der Waals surface area contributed by atoms with Crippen molar-refractivity contribution in [1.82, 2.24) is 24.3 Å². The van der Waals surface area contributed by atoms with Crippen LogP contribution in [0.25, 0.3) is 0 Å². The van der Waals surface area contributed by atoms with Gasteiger partial charge >= 0.3 is 0 Å². The highest BCUT2D eigenvalue weighted by Crippen LogP contribution is 2.02. The molecule has 2 heterocycles. The SMILES string of the molecule is Cn1cnnc1CCn1cncc1CO. The minimum Gasteiger partial charge on any atom is -0.390 e. The normalized spacial score (nSPS) is 10.8. The van der Waals surface area contributed by atoms with Gasteiger partial charge < -0.3 is 14.2 Å². The van der Waals surface area contributed by atoms with E-state index in [0.29, 0.717) is 0 Å². The van der Waals surface area contributed by atoms with E-state index in [2.05, 4.69) is 15.2 Å². The van der Waals surface area contributed by atoms with Gasteiger partial charge in [-0.1, -0.05) is 0 Å². The Morgan fingerprint density at radius 1 is 1.40 bits per heavy atom. The number of aliphatic hydroxyl groups excluding tert-OH is 1. The molecule has 0 aliphatic heterocycles. The molecule has 80 valence electrons. The molecule has 15 heavy (non-hydrogen) atoms. The zero-order valence-electron chi connectivity index (χ0n) is 8.54. The van der Waals surface area contributed by atoms with Gasteiger partial charge in [-0.2, -0.15) is 0 Å². The number of hydrogen-bond donors (Lipinski definition) is 1. The van der Waals surface area contributed by atoms with E-state index in [1.165, 1.54) is 0 Å². The zero-order chi connectivity index (χ0) is 10.7. The van der Waals surface area contributed by atoms with Gasteiger partial charge in [0.25, 0.3) is 0 Å². The second-order valence-electron chi connectivity index (χ2n) is 3.34. The highest BCUT2D eigenvalue weighted by molar-refractivity contribution is 4.97. The summed E-state index contributed by atoms with van der Waals surface area (Å²) in [5.74, 6) is 0.924. The summed E-state index contributed by atoms with van der Waals surface area (Å²) in [6, 6.07) is 0. The average Bonchev–Trinajstić information content (AvgIpc) is 2.83. The molecule has 1 N–H and O–H groups in total. The van der Waals surface area contributed by atoms with Gasteiger partial charge in [-0.3, -0.25) is 0 Å². The van der Waals surface area contributed by atoms with Crippen LogP contribution in [-0.4, -0.2) is 29.4 Å². The van der Waals surface area contributed by atoms with Gasteiger partial charge in [-0.05, 0) is 0 Å². The number of aryl methyl sites for hydroxylation is 3. The highest BCUT2D eigenvalue weighted by atomic mass is 16.3. The van der Waals surface area contributed by atoms with Crippen LogP contribution in [0.3, 0.4) is 0 Å². The molecule has 2 aromatic rings. The Hall–Kier alpha value is -1.69. The molecule has 2 rings (SSSR count). The van der Waals surface area contributed by atoms with Crippen molar-refractivity contribution in [2.24, 2.45) is 7.05 Å². The molecule has 6 heteroatoms. The molecule has 0 radical (unpaired) electrons. The fourth-order valence-electron chi connectivity index (χ4n) is 1.44. The molecule has 0 atom stereocenters. The predicted molar refractivity (Wildman–Crippen MR) is 52.9 cm³/mol. The number of hydrogen-bond acceptors (Lipinski definition) is 4. The summed E-state index contributed by atoms with van der Waals surface area (Å²) in [6.45, 7) is 0.765. The third-order valence-electron chi connectivity index (χ3n) is 2.34. The number of aromatic nitrogens is 5. The Morgan fingerprint density at radius 3 is 2.93 bits per heavy atom. The Labute approximate surface area is 87.2 Å². The van der Waals surface area contributed by atoms with E-state index in [4.69, 9.17) is 5.11 Å². The number of imidazole rings is 1. The van der Waals surface area contributed by atoms with Gasteiger partial charge in [0, 0.05) is 20.0 Å². The molecule has 0 bridgehead atoms. The summed E-state index contributed by atoms with van der Waals surface area (Å²) in [5.41, 5.74) is 0.817. The van der Waals surface area contributed by atoms with Gasteiger partial charge in [-0.15, -0.1) is 10.2 Å². The molecule has 0 aromatic carbocycles. The van der Waals surface area contributed by atoms with Crippen LogP contribution < -0.4 is 0 Å². The highest BCUT2D eigenvalue weighted by Gasteiger charge is 2.03. The van der Waals surface area contributed by atoms with E-state index >= 15 is 0 Å². The first-order valence-corrected chi connectivity index (χ1v) is 4.74. The summed E-state index contributed by atoms with van der Waals surface area (Å²) in [5, 5.41) is 16.8. The Bertz CT molecular complexity index is 433. The summed E-state index contributed by atoms with van der Waals surface area (Å²) < 4.78 is 3.80. The Kier molecular flexibility index (Phi) is 2.77. The van der Waals surface area contributed by atoms with Crippen LogP contribution in [0.2, 0.25) is 0 Å². The lowest BCUT2D eigenvalue weighted by Gasteiger charge is -2.05. The van der Waals surface area contributed by atoms with E-state index in [-0.39, 0.29) is 6.61 Å². The molecule has 0 saturated carbocycles. The Morgan fingerprint density at radius 2 is 2.27 bits per heavy atom. The monoisotopic (exact) mass is 207 g/mol. The standard InChI is InChI=1S/C9H13N5O/c1-13-7-11-12-9(13)2-3-14-6-10-4-8(14)5-15/h4,6-7,15H,2-3,5H2,1H3. The summed E-state index contributed by atoms with van der Waals surface area (Å²) in [4.78, 5) is 3.98. The van der Waals surface area contributed by atoms with Crippen LogP contribution in [0, 0.1) is 0 Å². The lowest BCUT2D eigenvalue weighted by molar-refractivity contribution is 0.270. The average molecular weight is 207 g/mol. The van der Waals surface area contributed by atoms with Gasteiger partial charge in [0.15, 0.2) is 0 Å². The number of nitrogens with zero attached hydrogens (tertiary/aromatic N) is 5. The van der Waals surface area contributed by atoms with Gasteiger partial charge in [0.2, 0.25) is 0 Å². The predicted octanol–water partition coefficient (Wildman–Crippen LogP) is -0.253. The first-order valence-electron chi connectivity index (χ1n) is 4.74. The van der Waals surface area contributed by atoms with Crippen LogP contribution in [0.15, 0.2) is 18.9 Å². The maximum Gasteiger partial charge on any atom is 0.134 e. The van der Waals surface area contributed by atoms with Crippen molar-refractivity contribution >= 4 is 0 Å². The first kappa shape index (κ1) is 9.85. The molecule has 6 nitrogen and oxygen atoms in total. The lowest BCUT2D eigenvalue weighted by Crippen LogP contribution is -2.07. The van der Waals surface area contributed by atoms with E-state index < -0.39 is 0 Å². The fraction of sp³-hybridized carbons (Fsp3) is 0.444. The number of aliphatic hydroxyl groups is 1. The van der Waals surface area contributed by atoms with Crippen molar-refractivity contribution in [3.05, 3.63) is 30.4 Å². The van der Waals surface area contributed by atoms with Crippen molar-refractivity contribution in [3.63, 3.8) is 0 Å². The topological polar surface area (TPSA) is 68.8 Å². The molecule has 2 aromatic heterocycles. The third-order valence-corrected chi connectivity index (χ3v) is 2.34. The Balaban J connectivity index is 2.02. The first-order chi connectivity index (χ1) is 7.31. The molecule has 0 fully saturated rings. The summed E-state index contributed by atoms with van der Waals surface area (Å²) in [7, 11) is 1.91. The smallest absolute Gasteiger partial charge is 0.134 e. The molecular formula is C9H13N5O. The minimum atomic E-state index is 0.0127. The largest absolute Gasteiger partial charge is 0.390 e. The summed E-state index contributed by atoms with van der Waals surface area (Å²) >= 11 is 0. The summed E-state index contributed by atoms with van der Waals surface area (Å²) in [6.07, 6.45) is 5.83. The molecule has 0 saturated heterocycles. The maximum atomic E-state index is 9.03. The zero-order valence-corrected chi connectivity index (χ0v) is 8.54. The van der Waals surface area contributed by atoms with Crippen molar-refractivity contribution in [1.29, 1.82) is 0 Å². The number of rotatable bonds is 4. The molecule has 0 amide bonds. The van der Waals surface area contributed by atoms with Gasteiger partial charge in [0.1, 0.15) is 12.2 Å². The van der Waals surface area contributed by atoms with Crippen LogP contribution in [-0.2, 0) is 26.6 Å². The quantitative estimate of drug-likeness (QED) is 0.750. The van der Waals surface area contributed by atoms with Crippen LogP contribution >= 0.6 is 0 Å². The second-order valence-corrected chi connectivity index (χ2v) is 3.34. The third kappa shape index (κ3) is 2.04. The van der Waals surface area contributed by atoms with Gasteiger partial charge in [-0.25, -0.2) is 4.98 Å². The minimum absolute atomic E-state index is 0.0127. The maximum absolute atomic E-state index is 9.03. The van der Waals surface area contributed by atoms with Gasteiger partial charge in [0.05, 0.1) is 24.8 Å². The van der Waals surface area contributed by atoms with Crippen molar-refractivity contribution in [2.75, 3.05) is 0 Å². The van der Waals surface area contributed by atoms with Crippen molar-refractivity contribution in [2.45, 2.75) is 19.6 Å². The molecule has 0 unspecified atom stereocenters. The van der Waals surface area contributed by atoms with E-state index in [0.717, 1.165) is 24.5 Å².